The summed E-state index contributed by atoms with van der Waals surface area (Å²) >= 11 is 0. The Balaban J connectivity index is 2.07. The average Bonchev–Trinajstić information content (AvgIpc) is 2.47. The maximum absolute atomic E-state index is 13.5. The van der Waals surface area contributed by atoms with Crippen molar-refractivity contribution in [2.45, 2.75) is 20.8 Å². The summed E-state index contributed by atoms with van der Waals surface area (Å²) in [6.45, 7) is 5.39. The smallest absolute Gasteiger partial charge is 0.262 e. The van der Waals surface area contributed by atoms with Crippen LogP contribution in [0.5, 0.6) is 5.75 Å². The Bertz CT molecular complexity index is 694. The molecule has 0 radical (unpaired) electrons. The van der Waals surface area contributed by atoms with E-state index in [9.17, 15) is 13.6 Å². The Kier molecular flexibility index (Phi) is 4.75. The van der Waals surface area contributed by atoms with Gasteiger partial charge in [-0.2, -0.15) is 0 Å². The first-order valence-corrected chi connectivity index (χ1v) is 6.83. The summed E-state index contributed by atoms with van der Waals surface area (Å²) in [5.41, 5.74) is 2.41. The third kappa shape index (κ3) is 3.42. The van der Waals surface area contributed by atoms with Gasteiger partial charge in [0, 0.05) is 0 Å². The first-order chi connectivity index (χ1) is 10.4. The van der Waals surface area contributed by atoms with Crippen LogP contribution in [0.15, 0.2) is 30.3 Å². The van der Waals surface area contributed by atoms with E-state index in [2.05, 4.69) is 5.32 Å². The van der Waals surface area contributed by atoms with E-state index >= 15 is 0 Å². The summed E-state index contributed by atoms with van der Waals surface area (Å²) < 4.78 is 32.4. The van der Waals surface area contributed by atoms with E-state index in [1.165, 1.54) is 6.07 Å². The number of carbonyl (C=O) groups excluding carboxylic acids is 1. The highest BCUT2D eigenvalue weighted by molar-refractivity contribution is 5.92. The number of aryl methyl sites for hydroxylation is 2. The molecule has 0 unspecified atom stereocenters. The number of anilines is 1. The lowest BCUT2D eigenvalue weighted by atomic mass is 10.1. The summed E-state index contributed by atoms with van der Waals surface area (Å²) in [7, 11) is 0. The van der Waals surface area contributed by atoms with Crippen LogP contribution in [0.4, 0.5) is 14.5 Å². The first kappa shape index (κ1) is 15.9. The monoisotopic (exact) mass is 305 g/mol. The maximum Gasteiger partial charge on any atom is 0.262 e. The molecule has 0 heterocycles. The molecule has 0 spiro atoms. The second-order valence-electron chi connectivity index (χ2n) is 5.09. The molecule has 0 saturated heterocycles. The molecule has 0 aliphatic rings. The number of hydrogen-bond donors (Lipinski definition) is 1. The Morgan fingerprint density at radius 3 is 2.27 bits per heavy atom. The highest BCUT2D eigenvalue weighted by atomic mass is 19.1. The van der Waals surface area contributed by atoms with Crippen LogP contribution in [-0.4, -0.2) is 12.5 Å². The van der Waals surface area contributed by atoms with Gasteiger partial charge in [-0.05, 0) is 49.6 Å². The molecule has 1 N–H and O–H groups in total. The lowest BCUT2D eigenvalue weighted by Crippen LogP contribution is -2.22. The molecule has 22 heavy (non-hydrogen) atoms. The van der Waals surface area contributed by atoms with Crippen LogP contribution in [0.2, 0.25) is 0 Å². The number of carbonyl (C=O) groups is 1. The quantitative estimate of drug-likeness (QED) is 0.930. The van der Waals surface area contributed by atoms with E-state index in [4.69, 9.17) is 4.74 Å². The number of benzene rings is 2. The van der Waals surface area contributed by atoms with E-state index in [0.29, 0.717) is 5.75 Å². The van der Waals surface area contributed by atoms with Crippen molar-refractivity contribution in [1.82, 2.24) is 0 Å². The third-order valence-corrected chi connectivity index (χ3v) is 3.45. The third-order valence-electron chi connectivity index (χ3n) is 3.45. The molecule has 2 aromatic rings. The van der Waals surface area contributed by atoms with Gasteiger partial charge in [0.1, 0.15) is 23.1 Å². The van der Waals surface area contributed by atoms with Crippen LogP contribution < -0.4 is 10.1 Å². The molecule has 0 aliphatic carbocycles. The van der Waals surface area contributed by atoms with E-state index in [0.717, 1.165) is 28.8 Å². The first-order valence-electron chi connectivity index (χ1n) is 6.83. The molecule has 3 nitrogen and oxygen atoms in total. The highest BCUT2D eigenvalue weighted by Gasteiger charge is 2.13. The van der Waals surface area contributed by atoms with Gasteiger partial charge in [-0.25, -0.2) is 8.78 Å². The van der Waals surface area contributed by atoms with Crippen LogP contribution in [0, 0.1) is 32.4 Å². The van der Waals surface area contributed by atoms with Crippen LogP contribution in [0.25, 0.3) is 0 Å². The molecule has 5 heteroatoms. The predicted molar refractivity (Wildman–Crippen MR) is 81.1 cm³/mol. The van der Waals surface area contributed by atoms with Gasteiger partial charge in [0.2, 0.25) is 0 Å². The molecule has 0 aliphatic heterocycles. The van der Waals surface area contributed by atoms with Crippen molar-refractivity contribution in [1.29, 1.82) is 0 Å². The summed E-state index contributed by atoms with van der Waals surface area (Å²) in [5, 5.41) is 2.19. The standard InChI is InChI=1S/C17H17F2NO2/c1-10-7-8-11(2)17(12(10)3)22-9-15(21)20-16-13(18)5-4-6-14(16)19/h4-8H,9H2,1-3H3,(H,20,21). The van der Waals surface area contributed by atoms with E-state index < -0.39 is 23.2 Å². The van der Waals surface area contributed by atoms with Gasteiger partial charge >= 0.3 is 0 Å². The zero-order valence-electron chi connectivity index (χ0n) is 12.7. The number of halogens is 2. The number of hydrogen-bond acceptors (Lipinski definition) is 2. The fourth-order valence-electron chi connectivity index (χ4n) is 2.08. The maximum atomic E-state index is 13.5. The Morgan fingerprint density at radius 1 is 1.05 bits per heavy atom. The van der Waals surface area contributed by atoms with Gasteiger partial charge in [0.25, 0.3) is 5.91 Å². The summed E-state index contributed by atoms with van der Waals surface area (Å²) in [5.74, 6) is -1.65. The van der Waals surface area contributed by atoms with Crippen molar-refractivity contribution >= 4 is 11.6 Å². The van der Waals surface area contributed by atoms with Crippen LogP contribution in [0.3, 0.4) is 0 Å². The number of amides is 1. The largest absolute Gasteiger partial charge is 0.483 e. The van der Waals surface area contributed by atoms with Crippen molar-refractivity contribution in [2.75, 3.05) is 11.9 Å². The van der Waals surface area contributed by atoms with Gasteiger partial charge < -0.3 is 10.1 Å². The van der Waals surface area contributed by atoms with Gasteiger partial charge in [0.15, 0.2) is 6.61 Å². The minimum Gasteiger partial charge on any atom is -0.483 e. The molecule has 0 saturated carbocycles. The molecular weight excluding hydrogens is 288 g/mol. The molecular formula is C17H17F2NO2. The molecule has 2 rings (SSSR count). The second kappa shape index (κ2) is 6.56. The zero-order chi connectivity index (χ0) is 16.3. The Morgan fingerprint density at radius 2 is 1.64 bits per heavy atom. The fraction of sp³-hybridized carbons (Fsp3) is 0.235. The summed E-state index contributed by atoms with van der Waals surface area (Å²) in [6.07, 6.45) is 0. The van der Waals surface area contributed by atoms with E-state index in [1.54, 1.807) is 0 Å². The summed E-state index contributed by atoms with van der Waals surface area (Å²) in [4.78, 5) is 11.8. The summed E-state index contributed by atoms with van der Waals surface area (Å²) in [6, 6.07) is 7.25. The highest BCUT2D eigenvalue weighted by Crippen LogP contribution is 2.25. The molecule has 0 atom stereocenters. The number of rotatable bonds is 4. The van der Waals surface area contributed by atoms with Gasteiger partial charge in [-0.1, -0.05) is 18.2 Å². The van der Waals surface area contributed by atoms with Crippen LogP contribution in [0.1, 0.15) is 16.7 Å². The lowest BCUT2D eigenvalue weighted by Gasteiger charge is -2.14. The van der Waals surface area contributed by atoms with E-state index in [1.807, 2.05) is 32.9 Å². The van der Waals surface area contributed by atoms with Gasteiger partial charge in [-0.15, -0.1) is 0 Å². The average molecular weight is 305 g/mol. The second-order valence-corrected chi connectivity index (χ2v) is 5.09. The van der Waals surface area contributed by atoms with Crippen molar-refractivity contribution < 1.29 is 18.3 Å². The Hall–Kier alpha value is -2.43. The van der Waals surface area contributed by atoms with Crippen molar-refractivity contribution in [3.05, 3.63) is 58.7 Å². The van der Waals surface area contributed by atoms with Crippen LogP contribution >= 0.6 is 0 Å². The van der Waals surface area contributed by atoms with E-state index in [-0.39, 0.29) is 6.61 Å². The fourth-order valence-corrected chi connectivity index (χ4v) is 2.08. The predicted octanol–water partition coefficient (Wildman–Crippen LogP) is 3.91. The Labute approximate surface area is 127 Å². The molecule has 0 fully saturated rings. The minimum atomic E-state index is -0.823. The molecule has 116 valence electrons. The van der Waals surface area contributed by atoms with Crippen molar-refractivity contribution in [2.24, 2.45) is 0 Å². The number of nitrogens with one attached hydrogen (secondary N) is 1. The molecule has 0 aromatic heterocycles. The molecule has 2 aromatic carbocycles. The molecule has 0 bridgehead atoms. The zero-order valence-corrected chi connectivity index (χ0v) is 12.7. The van der Waals surface area contributed by atoms with Gasteiger partial charge in [0.05, 0.1) is 0 Å². The van der Waals surface area contributed by atoms with Gasteiger partial charge in [-0.3, -0.25) is 4.79 Å². The van der Waals surface area contributed by atoms with Crippen molar-refractivity contribution in [3.63, 3.8) is 0 Å². The molecule has 1 amide bonds. The van der Waals surface area contributed by atoms with Crippen molar-refractivity contribution in [3.8, 4) is 5.75 Å². The minimum absolute atomic E-state index is 0.321. The normalized spacial score (nSPS) is 10.4. The number of para-hydroxylation sites is 1. The number of ether oxygens (including phenoxy) is 1. The lowest BCUT2D eigenvalue weighted by molar-refractivity contribution is -0.118. The topological polar surface area (TPSA) is 38.3 Å². The SMILES string of the molecule is Cc1ccc(C)c(OCC(=O)Nc2c(F)cccc2F)c1C. The van der Waals surface area contributed by atoms with Crippen LogP contribution in [-0.2, 0) is 4.79 Å².